The molecular weight excluding hydrogens is 269 g/mol. The van der Waals surface area contributed by atoms with Gasteiger partial charge in [-0.05, 0) is 18.2 Å². The van der Waals surface area contributed by atoms with Crippen LogP contribution >= 0.6 is 11.6 Å². The van der Waals surface area contributed by atoms with Crippen LogP contribution in [-0.2, 0) is 0 Å². The molecule has 0 saturated heterocycles. The summed E-state index contributed by atoms with van der Waals surface area (Å²) in [6, 6.07) is 7.30. The van der Waals surface area contributed by atoms with Gasteiger partial charge in [-0.3, -0.25) is 5.84 Å². The van der Waals surface area contributed by atoms with Gasteiger partial charge >= 0.3 is 0 Å². The Morgan fingerprint density at radius 2 is 2.16 bits per heavy atom. The molecule has 0 aliphatic carbocycles. The molecule has 0 radical (unpaired) electrons. The molecule has 3 N–H and O–H groups in total. The van der Waals surface area contributed by atoms with Crippen molar-refractivity contribution in [3.8, 4) is 5.88 Å². The van der Waals surface area contributed by atoms with E-state index in [1.165, 1.54) is 19.2 Å². The third kappa shape index (κ3) is 2.68. The molecule has 0 fully saturated rings. The number of methoxy groups -OCH3 is 1. The Bertz CT molecular complexity index is 559. The smallest absolute Gasteiger partial charge is 0.218 e. The van der Waals surface area contributed by atoms with Crippen molar-refractivity contribution in [2.24, 2.45) is 5.84 Å². The van der Waals surface area contributed by atoms with Crippen molar-refractivity contribution >= 4 is 11.6 Å². The van der Waals surface area contributed by atoms with Gasteiger partial charge < -0.3 is 4.74 Å². The van der Waals surface area contributed by atoms with Gasteiger partial charge in [0.2, 0.25) is 5.88 Å². The summed E-state index contributed by atoms with van der Waals surface area (Å²) >= 11 is 6.05. The monoisotopic (exact) mass is 281 g/mol. The normalized spacial score (nSPS) is 12.2. The molecule has 1 atom stereocenters. The zero-order valence-electron chi connectivity index (χ0n) is 10.2. The second kappa shape index (κ2) is 5.97. The highest BCUT2D eigenvalue weighted by molar-refractivity contribution is 6.31. The summed E-state index contributed by atoms with van der Waals surface area (Å²) in [4.78, 5) is 4.07. The Morgan fingerprint density at radius 3 is 2.79 bits per heavy atom. The van der Waals surface area contributed by atoms with Crippen LogP contribution in [0.25, 0.3) is 0 Å². The van der Waals surface area contributed by atoms with E-state index in [4.69, 9.17) is 22.2 Å². The van der Waals surface area contributed by atoms with E-state index in [-0.39, 0.29) is 10.6 Å². The fourth-order valence-corrected chi connectivity index (χ4v) is 2.18. The summed E-state index contributed by atoms with van der Waals surface area (Å²) in [5, 5.41) is 0.286. The lowest BCUT2D eigenvalue weighted by molar-refractivity contribution is 0.386. The van der Waals surface area contributed by atoms with Gasteiger partial charge in [-0.25, -0.2) is 14.8 Å². The summed E-state index contributed by atoms with van der Waals surface area (Å²) in [6.07, 6.45) is 1.58. The fourth-order valence-electron chi connectivity index (χ4n) is 1.91. The molecule has 100 valence electrons. The summed E-state index contributed by atoms with van der Waals surface area (Å²) in [5.41, 5.74) is 3.42. The first kappa shape index (κ1) is 13.7. The van der Waals surface area contributed by atoms with Crippen molar-refractivity contribution in [3.63, 3.8) is 0 Å². The lowest BCUT2D eigenvalue weighted by atomic mass is 9.99. The third-order valence-corrected chi connectivity index (χ3v) is 3.09. The number of benzene rings is 1. The fraction of sp³-hybridized carbons (Fsp3) is 0.154. The van der Waals surface area contributed by atoms with Crippen LogP contribution in [0.3, 0.4) is 0 Å². The van der Waals surface area contributed by atoms with Crippen molar-refractivity contribution < 1.29 is 9.13 Å². The summed E-state index contributed by atoms with van der Waals surface area (Å²) in [5.74, 6) is 5.46. The molecular formula is C13H13ClFN3O. The number of hydrogen-bond acceptors (Lipinski definition) is 4. The average molecular weight is 282 g/mol. The van der Waals surface area contributed by atoms with Gasteiger partial charge in [-0.2, -0.15) is 0 Å². The highest BCUT2D eigenvalue weighted by atomic mass is 35.5. The molecule has 0 saturated carbocycles. The number of pyridine rings is 1. The summed E-state index contributed by atoms with van der Waals surface area (Å²) in [7, 11) is 1.49. The van der Waals surface area contributed by atoms with Crippen molar-refractivity contribution in [2.75, 3.05) is 7.11 Å². The van der Waals surface area contributed by atoms with E-state index in [2.05, 4.69) is 10.4 Å². The molecule has 0 aliphatic rings. The number of aromatic nitrogens is 1. The molecule has 0 spiro atoms. The molecule has 1 aromatic carbocycles. The lowest BCUT2D eigenvalue weighted by Gasteiger charge is -2.20. The Balaban J connectivity index is 2.57. The number of halogens is 2. The molecule has 0 bridgehead atoms. The Labute approximate surface area is 115 Å². The van der Waals surface area contributed by atoms with Gasteiger partial charge in [-0.1, -0.05) is 23.7 Å². The average Bonchev–Trinajstić information content (AvgIpc) is 2.43. The zero-order chi connectivity index (χ0) is 13.8. The van der Waals surface area contributed by atoms with Crippen molar-refractivity contribution in [1.82, 2.24) is 10.4 Å². The maximum atomic E-state index is 14.0. The lowest BCUT2D eigenvalue weighted by Crippen LogP contribution is -2.30. The molecule has 1 aromatic heterocycles. The van der Waals surface area contributed by atoms with E-state index in [0.717, 1.165) is 0 Å². The van der Waals surface area contributed by atoms with Crippen LogP contribution in [-0.4, -0.2) is 12.1 Å². The van der Waals surface area contributed by atoms with Crippen molar-refractivity contribution in [2.45, 2.75) is 6.04 Å². The van der Waals surface area contributed by atoms with E-state index in [0.29, 0.717) is 11.4 Å². The van der Waals surface area contributed by atoms with Gasteiger partial charge in [0.1, 0.15) is 5.82 Å². The van der Waals surface area contributed by atoms with Crippen LogP contribution in [0.2, 0.25) is 5.02 Å². The van der Waals surface area contributed by atoms with E-state index in [1.54, 1.807) is 24.4 Å². The molecule has 19 heavy (non-hydrogen) atoms. The van der Waals surface area contributed by atoms with Crippen LogP contribution in [0.1, 0.15) is 17.2 Å². The maximum Gasteiger partial charge on any atom is 0.218 e. The Hall–Kier alpha value is -1.69. The molecule has 6 heteroatoms. The Kier molecular flexibility index (Phi) is 4.31. The first-order chi connectivity index (χ1) is 9.19. The van der Waals surface area contributed by atoms with Crippen LogP contribution in [0.5, 0.6) is 5.88 Å². The van der Waals surface area contributed by atoms with Gasteiger partial charge in [0.05, 0.1) is 13.2 Å². The van der Waals surface area contributed by atoms with Gasteiger partial charge in [0.25, 0.3) is 0 Å². The minimum absolute atomic E-state index is 0.262. The number of nitrogens with two attached hydrogens (primary N) is 1. The summed E-state index contributed by atoms with van der Waals surface area (Å²) < 4.78 is 19.1. The van der Waals surface area contributed by atoms with Gasteiger partial charge in [0.15, 0.2) is 0 Å². The third-order valence-electron chi connectivity index (χ3n) is 2.76. The van der Waals surface area contributed by atoms with Crippen LogP contribution < -0.4 is 16.0 Å². The Morgan fingerprint density at radius 1 is 1.37 bits per heavy atom. The minimum atomic E-state index is -0.641. The first-order valence-electron chi connectivity index (χ1n) is 5.58. The topological polar surface area (TPSA) is 60.2 Å². The predicted molar refractivity (Wildman–Crippen MR) is 71.4 cm³/mol. The van der Waals surface area contributed by atoms with E-state index in [1.807, 2.05) is 0 Å². The zero-order valence-corrected chi connectivity index (χ0v) is 11.0. The van der Waals surface area contributed by atoms with E-state index in [9.17, 15) is 4.39 Å². The highest BCUT2D eigenvalue weighted by Gasteiger charge is 2.23. The number of nitrogens with one attached hydrogen (secondary N) is 1. The van der Waals surface area contributed by atoms with Crippen molar-refractivity contribution in [1.29, 1.82) is 0 Å². The molecule has 1 heterocycles. The molecule has 0 aliphatic heterocycles. The molecule has 2 aromatic rings. The van der Waals surface area contributed by atoms with E-state index >= 15 is 0 Å². The molecule has 1 unspecified atom stereocenters. The predicted octanol–water partition coefficient (Wildman–Crippen LogP) is 2.44. The number of hydrazine groups is 1. The molecule has 0 amide bonds. The van der Waals surface area contributed by atoms with E-state index < -0.39 is 11.9 Å². The van der Waals surface area contributed by atoms with Crippen LogP contribution in [0.15, 0.2) is 36.5 Å². The second-order valence-corrected chi connectivity index (χ2v) is 4.24. The van der Waals surface area contributed by atoms with Crippen LogP contribution in [0.4, 0.5) is 4.39 Å². The van der Waals surface area contributed by atoms with Gasteiger partial charge in [0, 0.05) is 22.3 Å². The first-order valence-corrected chi connectivity index (χ1v) is 5.95. The largest absolute Gasteiger partial charge is 0.481 e. The minimum Gasteiger partial charge on any atom is -0.481 e. The number of hydrogen-bond donors (Lipinski definition) is 2. The maximum absolute atomic E-state index is 14.0. The van der Waals surface area contributed by atoms with Gasteiger partial charge in [-0.15, -0.1) is 0 Å². The SMILES string of the molecule is COc1ncccc1C(NN)c1c(F)cccc1Cl. The quantitative estimate of drug-likeness (QED) is 0.667. The second-order valence-electron chi connectivity index (χ2n) is 3.84. The van der Waals surface area contributed by atoms with Crippen molar-refractivity contribution in [3.05, 3.63) is 58.5 Å². The number of rotatable bonds is 4. The summed E-state index contributed by atoms with van der Waals surface area (Å²) in [6.45, 7) is 0. The molecule has 4 nitrogen and oxygen atoms in total. The van der Waals surface area contributed by atoms with Crippen LogP contribution in [0, 0.1) is 5.82 Å². The molecule has 2 rings (SSSR count). The highest BCUT2D eigenvalue weighted by Crippen LogP contribution is 2.33. The number of nitrogens with zero attached hydrogens (tertiary/aromatic N) is 1. The standard InChI is InChI=1S/C13H13ClFN3O/c1-19-13-8(4-3-7-17-13)12(18-16)11-9(14)5-2-6-10(11)15/h2-7,12,18H,16H2,1H3. The number of ether oxygens (including phenoxy) is 1.